The number of hydrogen-bond acceptors (Lipinski definition) is 5. The minimum Gasteiger partial charge on any atom is -0.379 e. The van der Waals surface area contributed by atoms with Crippen LogP contribution in [0.15, 0.2) is 36.4 Å². The lowest BCUT2D eigenvalue weighted by Crippen LogP contribution is -2.29. The highest BCUT2D eigenvalue weighted by Gasteiger charge is 2.32. The van der Waals surface area contributed by atoms with Crippen LogP contribution >= 0.6 is 0 Å². The Hall–Kier alpha value is -2.50. The third-order valence-electron chi connectivity index (χ3n) is 4.45. The number of hydrogen-bond donors (Lipinski definition) is 1. The Kier molecular flexibility index (Phi) is 5.49. The normalized spacial score (nSPS) is 12.9. The first-order chi connectivity index (χ1) is 12.6. The fourth-order valence-corrected chi connectivity index (χ4v) is 3.24. The van der Waals surface area contributed by atoms with Gasteiger partial charge < -0.3 is 14.8 Å². The molecule has 1 N–H and O–H groups in total. The average Bonchev–Trinajstić information content (AvgIpc) is 2.65. The molecule has 5 nitrogen and oxygen atoms in total. The summed E-state index contributed by atoms with van der Waals surface area (Å²) in [6, 6.07) is 10.5. The Morgan fingerprint density at radius 3 is 2.12 bits per heavy atom. The molecule has 1 aliphatic carbocycles. The summed E-state index contributed by atoms with van der Waals surface area (Å²) in [5.41, 5.74) is 3.34. The van der Waals surface area contributed by atoms with E-state index in [0.29, 0.717) is 47.7 Å². The zero-order valence-electron chi connectivity index (χ0n) is 15.3. The lowest BCUT2D eigenvalue weighted by atomic mass is 9.82. The van der Waals surface area contributed by atoms with Gasteiger partial charge in [0.1, 0.15) is 0 Å². The fourth-order valence-electron chi connectivity index (χ4n) is 3.24. The second-order valence-electron chi connectivity index (χ2n) is 6.10. The first-order valence-electron chi connectivity index (χ1n) is 8.87. The number of ketones is 2. The Morgan fingerprint density at radius 1 is 0.885 bits per heavy atom. The van der Waals surface area contributed by atoms with Gasteiger partial charge in [0, 0.05) is 35.6 Å². The molecule has 0 aliphatic heterocycles. The second kappa shape index (κ2) is 7.81. The third kappa shape index (κ3) is 3.28. The highest BCUT2D eigenvalue weighted by atomic mass is 16.7. The molecule has 2 aromatic carbocycles. The summed E-state index contributed by atoms with van der Waals surface area (Å²) in [5, 5.41) is 3.27. The van der Waals surface area contributed by atoms with Gasteiger partial charge in [-0.2, -0.15) is 0 Å². The van der Waals surface area contributed by atoms with Crippen LogP contribution in [0.25, 0.3) is 0 Å². The number of rotatable bonds is 7. The van der Waals surface area contributed by atoms with Crippen molar-refractivity contribution in [2.24, 2.45) is 0 Å². The molecule has 3 rings (SSSR count). The zero-order valence-corrected chi connectivity index (χ0v) is 15.3. The first kappa shape index (κ1) is 18.3. The topological polar surface area (TPSA) is 64.6 Å². The maximum atomic E-state index is 13.1. The molecule has 136 valence electrons. The van der Waals surface area contributed by atoms with Crippen molar-refractivity contribution in [1.82, 2.24) is 0 Å². The second-order valence-corrected chi connectivity index (χ2v) is 6.10. The van der Waals surface area contributed by atoms with Crippen LogP contribution in [0.3, 0.4) is 0 Å². The number of carbonyl (C=O) groups is 2. The van der Waals surface area contributed by atoms with Gasteiger partial charge in [0.2, 0.25) is 0 Å². The predicted molar refractivity (Wildman–Crippen MR) is 100 cm³/mol. The Bertz CT molecular complexity index is 838. The molecule has 0 spiro atoms. The van der Waals surface area contributed by atoms with E-state index in [1.165, 1.54) is 0 Å². The maximum absolute atomic E-state index is 13.1. The molecular weight excluding hydrogens is 330 g/mol. The van der Waals surface area contributed by atoms with Crippen LogP contribution < -0.4 is 5.32 Å². The molecule has 0 saturated carbocycles. The van der Waals surface area contributed by atoms with E-state index in [9.17, 15) is 9.59 Å². The van der Waals surface area contributed by atoms with Crippen molar-refractivity contribution in [3.05, 3.63) is 64.2 Å². The molecule has 0 unspecified atom stereocenters. The lowest BCUT2D eigenvalue weighted by Gasteiger charge is -2.24. The van der Waals surface area contributed by atoms with Gasteiger partial charge in [-0.3, -0.25) is 9.59 Å². The van der Waals surface area contributed by atoms with Crippen molar-refractivity contribution >= 4 is 17.3 Å². The van der Waals surface area contributed by atoms with E-state index >= 15 is 0 Å². The van der Waals surface area contributed by atoms with E-state index in [2.05, 4.69) is 5.32 Å². The standard InChI is InChI=1S/C21H23NO4/c1-4-25-17(26-5-2)12-22-19-13(3)10-11-16-18(19)21(24)15-9-7-6-8-14(15)20(16)23/h6-11,17,22H,4-5,12H2,1-3H3. The van der Waals surface area contributed by atoms with E-state index in [0.717, 1.165) is 5.56 Å². The molecular formula is C21H23NO4. The van der Waals surface area contributed by atoms with Crippen LogP contribution in [0, 0.1) is 6.92 Å². The van der Waals surface area contributed by atoms with Crippen molar-refractivity contribution < 1.29 is 19.1 Å². The summed E-state index contributed by atoms with van der Waals surface area (Å²) < 4.78 is 11.1. The van der Waals surface area contributed by atoms with E-state index in [4.69, 9.17) is 9.47 Å². The van der Waals surface area contributed by atoms with E-state index in [-0.39, 0.29) is 11.6 Å². The van der Waals surface area contributed by atoms with Crippen molar-refractivity contribution in [3.63, 3.8) is 0 Å². The van der Waals surface area contributed by atoms with Gasteiger partial charge in [-0.1, -0.05) is 30.3 Å². The Balaban J connectivity index is 1.98. The third-order valence-corrected chi connectivity index (χ3v) is 4.45. The number of fused-ring (bicyclic) bond motifs is 2. The van der Waals surface area contributed by atoms with E-state index in [1.807, 2.05) is 26.8 Å². The van der Waals surface area contributed by atoms with Crippen LogP contribution in [0.1, 0.15) is 51.3 Å². The van der Waals surface area contributed by atoms with Crippen LogP contribution in [0.2, 0.25) is 0 Å². The first-order valence-corrected chi connectivity index (χ1v) is 8.87. The largest absolute Gasteiger partial charge is 0.379 e. The number of carbonyl (C=O) groups excluding carboxylic acids is 2. The molecule has 2 aromatic rings. The van der Waals surface area contributed by atoms with Gasteiger partial charge >= 0.3 is 0 Å². The van der Waals surface area contributed by atoms with Gasteiger partial charge in [0.25, 0.3) is 0 Å². The van der Waals surface area contributed by atoms with Gasteiger partial charge in [-0.15, -0.1) is 0 Å². The van der Waals surface area contributed by atoms with Crippen LogP contribution in [0.4, 0.5) is 5.69 Å². The molecule has 0 atom stereocenters. The summed E-state index contributed by atoms with van der Waals surface area (Å²) in [4.78, 5) is 25.9. The van der Waals surface area contributed by atoms with Crippen molar-refractivity contribution in [2.75, 3.05) is 25.1 Å². The van der Waals surface area contributed by atoms with Crippen LogP contribution in [0.5, 0.6) is 0 Å². The molecule has 0 radical (unpaired) electrons. The summed E-state index contributed by atoms with van der Waals surface area (Å²) >= 11 is 0. The number of ether oxygens (including phenoxy) is 2. The number of benzene rings is 2. The zero-order chi connectivity index (χ0) is 18.7. The number of anilines is 1. The minimum atomic E-state index is -0.415. The van der Waals surface area contributed by atoms with E-state index < -0.39 is 6.29 Å². The SMILES string of the molecule is CCOC(CNc1c(C)ccc2c1C(=O)c1ccccc1C2=O)OCC. The Labute approximate surface area is 153 Å². The fraction of sp³-hybridized carbons (Fsp3) is 0.333. The summed E-state index contributed by atoms with van der Waals surface area (Å²) in [7, 11) is 0. The average molecular weight is 353 g/mol. The summed E-state index contributed by atoms with van der Waals surface area (Å²) in [6.45, 7) is 7.17. The van der Waals surface area contributed by atoms with Crippen molar-refractivity contribution in [1.29, 1.82) is 0 Å². The monoisotopic (exact) mass is 353 g/mol. The van der Waals surface area contributed by atoms with E-state index in [1.54, 1.807) is 30.3 Å². The smallest absolute Gasteiger partial charge is 0.196 e. The van der Waals surface area contributed by atoms with Crippen molar-refractivity contribution in [3.8, 4) is 0 Å². The van der Waals surface area contributed by atoms with Gasteiger partial charge in [0.05, 0.1) is 12.1 Å². The minimum absolute atomic E-state index is 0.121. The molecule has 5 heteroatoms. The molecule has 0 saturated heterocycles. The molecule has 0 amide bonds. The molecule has 0 heterocycles. The molecule has 26 heavy (non-hydrogen) atoms. The molecule has 1 aliphatic rings. The van der Waals surface area contributed by atoms with Gasteiger partial charge in [-0.25, -0.2) is 0 Å². The predicted octanol–water partition coefficient (Wildman–Crippen LogP) is 3.58. The maximum Gasteiger partial charge on any atom is 0.196 e. The number of nitrogens with one attached hydrogen (secondary N) is 1. The van der Waals surface area contributed by atoms with Crippen LogP contribution in [-0.4, -0.2) is 37.6 Å². The van der Waals surface area contributed by atoms with Gasteiger partial charge in [0.15, 0.2) is 17.9 Å². The van der Waals surface area contributed by atoms with Crippen molar-refractivity contribution in [2.45, 2.75) is 27.1 Å². The summed E-state index contributed by atoms with van der Waals surface area (Å²) in [5.74, 6) is -0.254. The quantitative estimate of drug-likeness (QED) is 0.658. The molecule has 0 aromatic heterocycles. The lowest BCUT2D eigenvalue weighted by molar-refractivity contribution is -0.126. The highest BCUT2D eigenvalue weighted by Crippen LogP contribution is 2.34. The highest BCUT2D eigenvalue weighted by molar-refractivity contribution is 6.30. The summed E-state index contributed by atoms with van der Waals surface area (Å²) in [6.07, 6.45) is -0.415. The van der Waals surface area contributed by atoms with Crippen LogP contribution in [-0.2, 0) is 9.47 Å². The molecule has 0 bridgehead atoms. The Morgan fingerprint density at radius 2 is 1.50 bits per heavy atom. The van der Waals surface area contributed by atoms with Gasteiger partial charge in [-0.05, 0) is 32.4 Å². The molecule has 0 fully saturated rings. The number of aryl methyl sites for hydroxylation is 1.